The van der Waals surface area contributed by atoms with Crippen LogP contribution in [0.15, 0.2) is 28.6 Å². The third kappa shape index (κ3) is 6.35. The number of aryl methyl sites for hydroxylation is 1. The fourth-order valence-corrected chi connectivity index (χ4v) is 3.01. The van der Waals surface area contributed by atoms with Gasteiger partial charge in [-0.1, -0.05) is 13.0 Å². The average Bonchev–Trinajstić information content (AvgIpc) is 3.04. The van der Waals surface area contributed by atoms with Gasteiger partial charge in [0, 0.05) is 23.5 Å². The van der Waals surface area contributed by atoms with E-state index >= 15 is 0 Å². The van der Waals surface area contributed by atoms with Crippen molar-refractivity contribution < 1.29 is 9.47 Å². The van der Waals surface area contributed by atoms with Crippen molar-refractivity contribution in [2.75, 3.05) is 20.8 Å². The van der Waals surface area contributed by atoms with Crippen LogP contribution in [0.3, 0.4) is 0 Å². The summed E-state index contributed by atoms with van der Waals surface area (Å²) in [5, 5.41) is 6.31. The van der Waals surface area contributed by atoms with Gasteiger partial charge in [0.15, 0.2) is 17.5 Å². The fraction of sp³-hybridized carbons (Fsp3) is 0.412. The molecule has 0 radical (unpaired) electrons. The maximum Gasteiger partial charge on any atom is 0.188 e. The third-order valence-corrected chi connectivity index (χ3v) is 4.72. The van der Waals surface area contributed by atoms with Crippen LogP contribution in [0, 0.1) is 6.92 Å². The van der Waals surface area contributed by atoms with Crippen LogP contribution in [-0.4, -0.2) is 31.7 Å². The molecule has 0 saturated heterocycles. The Kier molecular flexibility index (Phi) is 8.98. The smallest absolute Gasteiger partial charge is 0.188 e. The van der Waals surface area contributed by atoms with Crippen LogP contribution < -0.4 is 20.5 Å². The third-order valence-electron chi connectivity index (χ3n) is 3.53. The molecule has 0 amide bonds. The molecule has 0 saturated carbocycles. The van der Waals surface area contributed by atoms with Crippen molar-refractivity contribution >= 4 is 41.3 Å². The molecular weight excluding hydrogens is 451 g/mol. The molecule has 0 spiro atoms. The van der Waals surface area contributed by atoms with E-state index in [1.54, 1.807) is 25.6 Å². The zero-order valence-electron chi connectivity index (χ0n) is 14.9. The minimum absolute atomic E-state index is 0. The van der Waals surface area contributed by atoms with Gasteiger partial charge in [-0.3, -0.25) is 0 Å². The molecule has 1 atom stereocenters. The number of nitrogens with zero attached hydrogens (tertiary/aromatic N) is 2. The van der Waals surface area contributed by atoms with E-state index < -0.39 is 0 Å². The molecule has 0 aliphatic carbocycles. The number of guanidine groups is 1. The summed E-state index contributed by atoms with van der Waals surface area (Å²) in [6, 6.07) is 5.70. The van der Waals surface area contributed by atoms with Crippen molar-refractivity contribution in [2.24, 2.45) is 10.7 Å². The Morgan fingerprint density at radius 2 is 2.04 bits per heavy atom. The number of hydrogen-bond donors (Lipinski definition) is 2. The van der Waals surface area contributed by atoms with Crippen molar-refractivity contribution in [3.8, 4) is 11.5 Å². The highest BCUT2D eigenvalue weighted by Gasteiger charge is 2.09. The van der Waals surface area contributed by atoms with E-state index in [4.69, 9.17) is 15.2 Å². The van der Waals surface area contributed by atoms with Crippen LogP contribution in [0.25, 0.3) is 0 Å². The molecule has 8 heteroatoms. The van der Waals surface area contributed by atoms with Crippen LogP contribution in [0.4, 0.5) is 0 Å². The molecule has 25 heavy (non-hydrogen) atoms. The highest BCUT2D eigenvalue weighted by Crippen LogP contribution is 2.27. The lowest BCUT2D eigenvalue weighted by Gasteiger charge is -2.11. The normalized spacial score (nSPS) is 12.2. The maximum absolute atomic E-state index is 5.95. The van der Waals surface area contributed by atoms with E-state index in [1.165, 1.54) is 0 Å². The Morgan fingerprint density at radius 1 is 1.32 bits per heavy atom. The molecule has 6 nitrogen and oxygen atoms in total. The summed E-state index contributed by atoms with van der Waals surface area (Å²) < 4.78 is 10.5. The molecule has 1 aromatic carbocycles. The lowest BCUT2D eigenvalue weighted by molar-refractivity contribution is 0.354. The van der Waals surface area contributed by atoms with Gasteiger partial charge in [-0.05, 0) is 24.6 Å². The van der Waals surface area contributed by atoms with E-state index in [0.717, 1.165) is 16.3 Å². The van der Waals surface area contributed by atoms with Gasteiger partial charge in [0.1, 0.15) is 0 Å². The minimum atomic E-state index is 0. The van der Waals surface area contributed by atoms with E-state index in [0.29, 0.717) is 36.5 Å². The minimum Gasteiger partial charge on any atom is -0.493 e. The number of rotatable bonds is 7. The number of aromatic nitrogens is 1. The summed E-state index contributed by atoms with van der Waals surface area (Å²) in [5.74, 6) is 2.09. The van der Waals surface area contributed by atoms with E-state index in [-0.39, 0.29) is 24.0 Å². The number of hydrogen-bond acceptors (Lipinski definition) is 5. The summed E-state index contributed by atoms with van der Waals surface area (Å²) in [6.07, 6.45) is 0. The molecule has 0 aliphatic rings. The first kappa shape index (κ1) is 21.5. The highest BCUT2D eigenvalue weighted by atomic mass is 127. The highest BCUT2D eigenvalue weighted by molar-refractivity contribution is 14.0. The van der Waals surface area contributed by atoms with Crippen molar-refractivity contribution in [1.29, 1.82) is 0 Å². The molecule has 1 unspecified atom stereocenters. The first-order valence-corrected chi connectivity index (χ1v) is 8.58. The van der Waals surface area contributed by atoms with Gasteiger partial charge in [-0.2, -0.15) is 0 Å². The Morgan fingerprint density at radius 3 is 2.64 bits per heavy atom. The van der Waals surface area contributed by atoms with Gasteiger partial charge in [-0.15, -0.1) is 35.3 Å². The zero-order valence-corrected chi connectivity index (χ0v) is 18.1. The summed E-state index contributed by atoms with van der Waals surface area (Å²) in [4.78, 5) is 8.86. The lowest BCUT2D eigenvalue weighted by atomic mass is 10.2. The Bertz CT molecular complexity index is 706. The Labute approximate surface area is 169 Å². The van der Waals surface area contributed by atoms with Crippen molar-refractivity contribution in [1.82, 2.24) is 10.3 Å². The van der Waals surface area contributed by atoms with E-state index in [1.807, 2.05) is 25.1 Å². The molecule has 1 heterocycles. The molecule has 2 rings (SSSR count). The first-order chi connectivity index (χ1) is 11.5. The fourth-order valence-electron chi connectivity index (χ4n) is 2.15. The summed E-state index contributed by atoms with van der Waals surface area (Å²) in [7, 11) is 3.23. The predicted octanol–water partition coefficient (Wildman–Crippen LogP) is 3.29. The monoisotopic (exact) mass is 476 g/mol. The average molecular weight is 476 g/mol. The number of thiazole rings is 1. The molecule has 3 N–H and O–H groups in total. The largest absolute Gasteiger partial charge is 0.493 e. The summed E-state index contributed by atoms with van der Waals surface area (Å²) in [5.41, 5.74) is 8.00. The number of benzene rings is 1. The quantitative estimate of drug-likeness (QED) is 0.364. The van der Waals surface area contributed by atoms with Crippen LogP contribution in [0.2, 0.25) is 0 Å². The Balaban J connectivity index is 0.00000312. The molecule has 1 aromatic heterocycles. The summed E-state index contributed by atoms with van der Waals surface area (Å²) in [6.45, 7) is 5.30. The maximum atomic E-state index is 5.95. The first-order valence-electron chi connectivity index (χ1n) is 7.70. The number of halogens is 1. The number of aliphatic imine (C=N–C) groups is 1. The van der Waals surface area contributed by atoms with Crippen LogP contribution in [0.1, 0.15) is 29.1 Å². The molecule has 0 fully saturated rings. The molecule has 0 bridgehead atoms. The SMILES string of the molecule is COc1ccc(CN=C(N)NCC(C)c2nc(C)cs2)cc1OC.I. The number of methoxy groups -OCH3 is 2. The standard InChI is InChI=1S/C17H24N4O2S.HI/c1-11(16-21-12(2)10-24-16)8-19-17(18)20-9-13-5-6-14(22-3)15(7-13)23-4;/h5-7,10-11H,8-9H2,1-4H3,(H3,18,19,20);1H. The van der Waals surface area contributed by atoms with E-state index in [2.05, 4.69) is 27.6 Å². The van der Waals surface area contributed by atoms with Gasteiger partial charge in [0.25, 0.3) is 0 Å². The van der Waals surface area contributed by atoms with Crippen molar-refractivity contribution in [3.05, 3.63) is 39.8 Å². The van der Waals surface area contributed by atoms with Crippen LogP contribution >= 0.6 is 35.3 Å². The number of ether oxygens (including phenoxy) is 2. The zero-order chi connectivity index (χ0) is 17.5. The van der Waals surface area contributed by atoms with Gasteiger partial charge in [0.05, 0.1) is 25.8 Å². The second kappa shape index (κ2) is 10.4. The van der Waals surface area contributed by atoms with Gasteiger partial charge >= 0.3 is 0 Å². The second-order valence-corrected chi connectivity index (χ2v) is 6.39. The van der Waals surface area contributed by atoms with Gasteiger partial charge in [0.2, 0.25) is 0 Å². The predicted molar refractivity (Wildman–Crippen MR) is 114 cm³/mol. The van der Waals surface area contributed by atoms with Crippen molar-refractivity contribution in [3.63, 3.8) is 0 Å². The molecule has 0 aliphatic heterocycles. The molecular formula is C17H25IN4O2S. The van der Waals surface area contributed by atoms with Crippen LogP contribution in [0.5, 0.6) is 11.5 Å². The molecule has 138 valence electrons. The second-order valence-electron chi connectivity index (χ2n) is 5.50. The van der Waals surface area contributed by atoms with Gasteiger partial charge < -0.3 is 20.5 Å². The topological polar surface area (TPSA) is 81.8 Å². The van der Waals surface area contributed by atoms with E-state index in [9.17, 15) is 0 Å². The summed E-state index contributed by atoms with van der Waals surface area (Å²) >= 11 is 1.67. The van der Waals surface area contributed by atoms with Crippen molar-refractivity contribution in [2.45, 2.75) is 26.3 Å². The molecule has 2 aromatic rings. The van der Waals surface area contributed by atoms with Gasteiger partial charge in [-0.25, -0.2) is 9.98 Å². The Hall–Kier alpha value is -1.55. The number of nitrogens with one attached hydrogen (secondary N) is 1. The number of nitrogens with two attached hydrogens (primary N) is 1. The lowest BCUT2D eigenvalue weighted by Crippen LogP contribution is -2.34. The van der Waals surface area contributed by atoms with Crippen LogP contribution in [-0.2, 0) is 6.54 Å².